The van der Waals surface area contributed by atoms with E-state index in [0.717, 1.165) is 12.0 Å². The van der Waals surface area contributed by atoms with Crippen molar-refractivity contribution in [2.45, 2.75) is 65.3 Å². The van der Waals surface area contributed by atoms with E-state index in [0.29, 0.717) is 23.8 Å². The van der Waals surface area contributed by atoms with Crippen LogP contribution in [0.2, 0.25) is 0 Å². The molecule has 0 aliphatic heterocycles. The molecule has 0 radical (unpaired) electrons. The molecule has 27 heavy (non-hydrogen) atoms. The van der Waals surface area contributed by atoms with E-state index in [1.807, 2.05) is 19.9 Å². The molecule has 5 nitrogen and oxygen atoms in total. The molecule has 0 aromatic heterocycles. The van der Waals surface area contributed by atoms with E-state index in [2.05, 4.69) is 26.8 Å². The van der Waals surface area contributed by atoms with Gasteiger partial charge in [0.05, 0.1) is 18.1 Å². The zero-order chi connectivity index (χ0) is 19.9. The Balaban J connectivity index is 2.00. The Bertz CT molecular complexity index is 697. The second kappa shape index (κ2) is 5.90. The standard InChI is InChI=1S/C22H34O5/c1-6-15-11(2)9-21-12(3)7-16-17(20(16,4)5)14(19(21)25)8-13(10-23)18(24)22(15,21)27-26/h8-9,12,14-19,23-26H,6-7,10H2,1-5H3. The lowest BCUT2D eigenvalue weighted by molar-refractivity contribution is -0.388. The third-order valence-electron chi connectivity index (χ3n) is 8.95. The number of hydrogen-bond donors (Lipinski definition) is 4. The fraction of sp³-hybridized carbons (Fsp3) is 0.818. The minimum absolute atomic E-state index is 0.0199. The Hall–Kier alpha value is -0.720. The summed E-state index contributed by atoms with van der Waals surface area (Å²) in [5.74, 6) is 0.386. The van der Waals surface area contributed by atoms with Gasteiger partial charge in [-0.1, -0.05) is 45.4 Å². The van der Waals surface area contributed by atoms with Gasteiger partial charge in [0.15, 0.2) is 5.60 Å². The van der Waals surface area contributed by atoms with Crippen LogP contribution < -0.4 is 0 Å². The molecule has 5 heteroatoms. The van der Waals surface area contributed by atoms with Crippen molar-refractivity contribution in [1.29, 1.82) is 0 Å². The summed E-state index contributed by atoms with van der Waals surface area (Å²) in [4.78, 5) is 5.26. The van der Waals surface area contributed by atoms with Gasteiger partial charge in [-0.2, -0.15) is 0 Å². The average Bonchev–Trinajstić information content (AvgIpc) is 3.08. The highest BCUT2D eigenvalue weighted by atomic mass is 17.1. The highest BCUT2D eigenvalue weighted by Gasteiger charge is 2.76. The predicted molar refractivity (Wildman–Crippen MR) is 102 cm³/mol. The Morgan fingerprint density at radius 3 is 2.48 bits per heavy atom. The molecule has 4 aliphatic carbocycles. The Morgan fingerprint density at radius 2 is 1.93 bits per heavy atom. The second-order valence-corrected chi connectivity index (χ2v) is 10.1. The molecule has 0 heterocycles. The van der Waals surface area contributed by atoms with Crippen molar-refractivity contribution in [3.8, 4) is 0 Å². The van der Waals surface area contributed by atoms with Crippen molar-refractivity contribution in [3.05, 3.63) is 23.3 Å². The highest BCUT2D eigenvalue weighted by molar-refractivity contribution is 5.42. The maximum Gasteiger partial charge on any atom is 0.151 e. The van der Waals surface area contributed by atoms with E-state index in [1.54, 1.807) is 0 Å². The third-order valence-corrected chi connectivity index (χ3v) is 8.95. The number of fused-ring (bicyclic) bond motifs is 3. The zero-order valence-corrected chi connectivity index (χ0v) is 17.0. The maximum atomic E-state index is 11.8. The van der Waals surface area contributed by atoms with Gasteiger partial charge < -0.3 is 15.3 Å². The molecule has 0 aromatic carbocycles. The van der Waals surface area contributed by atoms with Crippen LogP contribution in [0.4, 0.5) is 0 Å². The number of aliphatic hydroxyl groups excluding tert-OH is 3. The second-order valence-electron chi connectivity index (χ2n) is 10.1. The first-order valence-corrected chi connectivity index (χ1v) is 10.3. The van der Waals surface area contributed by atoms with Gasteiger partial charge in [0, 0.05) is 11.8 Å². The minimum Gasteiger partial charge on any atom is -0.392 e. The van der Waals surface area contributed by atoms with Gasteiger partial charge in [-0.3, -0.25) is 5.26 Å². The Labute approximate surface area is 161 Å². The van der Waals surface area contributed by atoms with Gasteiger partial charge in [0.25, 0.3) is 0 Å². The van der Waals surface area contributed by atoms with Gasteiger partial charge in [-0.05, 0) is 48.5 Å². The molecule has 4 N–H and O–H groups in total. The topological polar surface area (TPSA) is 90.2 Å². The summed E-state index contributed by atoms with van der Waals surface area (Å²) in [6.45, 7) is 10.3. The maximum absolute atomic E-state index is 11.8. The fourth-order valence-corrected chi connectivity index (χ4v) is 7.65. The van der Waals surface area contributed by atoms with Crippen LogP contribution in [0.15, 0.2) is 23.3 Å². The minimum atomic E-state index is -1.38. The molecule has 2 fully saturated rings. The van der Waals surface area contributed by atoms with E-state index >= 15 is 0 Å². The molecule has 1 spiro atoms. The highest BCUT2D eigenvalue weighted by Crippen LogP contribution is 2.73. The van der Waals surface area contributed by atoms with Gasteiger partial charge >= 0.3 is 0 Å². The van der Waals surface area contributed by atoms with Gasteiger partial charge in [0.1, 0.15) is 6.10 Å². The van der Waals surface area contributed by atoms with Crippen LogP contribution >= 0.6 is 0 Å². The molecule has 4 rings (SSSR count). The summed E-state index contributed by atoms with van der Waals surface area (Å²) in [5, 5.41) is 43.6. The lowest BCUT2D eigenvalue weighted by Crippen LogP contribution is -2.65. The fourth-order valence-electron chi connectivity index (χ4n) is 7.65. The Kier molecular flexibility index (Phi) is 4.28. The van der Waals surface area contributed by atoms with Crippen LogP contribution in [0.25, 0.3) is 0 Å². The number of hydrogen-bond acceptors (Lipinski definition) is 5. The quantitative estimate of drug-likeness (QED) is 0.344. The van der Waals surface area contributed by atoms with Gasteiger partial charge in [0.2, 0.25) is 0 Å². The SMILES string of the molecule is CCC1C(C)=CC23C(C)CC4C(C(C=C(CO)C(O)C12OO)C3O)C4(C)C. The number of aliphatic hydroxyl groups is 3. The molecular formula is C22H34O5. The van der Waals surface area contributed by atoms with E-state index < -0.39 is 23.2 Å². The first kappa shape index (κ1) is 19.6. The van der Waals surface area contributed by atoms with Crippen molar-refractivity contribution in [2.24, 2.45) is 40.4 Å². The lowest BCUT2D eigenvalue weighted by Gasteiger charge is -2.53. The molecule has 2 bridgehead atoms. The van der Waals surface area contributed by atoms with E-state index in [9.17, 15) is 20.6 Å². The van der Waals surface area contributed by atoms with Gasteiger partial charge in [-0.25, -0.2) is 4.89 Å². The van der Waals surface area contributed by atoms with Gasteiger partial charge in [-0.15, -0.1) is 0 Å². The monoisotopic (exact) mass is 378 g/mol. The molecule has 0 aromatic rings. The van der Waals surface area contributed by atoms with Crippen molar-refractivity contribution < 1.29 is 25.5 Å². The molecule has 4 aliphatic rings. The zero-order valence-electron chi connectivity index (χ0n) is 17.0. The molecule has 152 valence electrons. The van der Waals surface area contributed by atoms with Crippen molar-refractivity contribution in [2.75, 3.05) is 6.61 Å². The van der Waals surface area contributed by atoms with Crippen LogP contribution in [0.1, 0.15) is 47.5 Å². The summed E-state index contributed by atoms with van der Waals surface area (Å²) in [5.41, 5.74) is -0.670. The predicted octanol–water partition coefficient (Wildman–Crippen LogP) is 2.77. The molecular weight excluding hydrogens is 344 g/mol. The van der Waals surface area contributed by atoms with Crippen LogP contribution in [0.5, 0.6) is 0 Å². The summed E-state index contributed by atoms with van der Waals surface area (Å²) in [7, 11) is 0. The summed E-state index contributed by atoms with van der Waals surface area (Å²) >= 11 is 0. The molecule has 9 unspecified atom stereocenters. The first-order chi connectivity index (χ1) is 12.6. The molecule has 0 amide bonds. The molecule has 2 saturated carbocycles. The normalized spacial score (nSPS) is 52.9. The van der Waals surface area contributed by atoms with E-state index in [-0.39, 0.29) is 29.8 Å². The van der Waals surface area contributed by atoms with Crippen molar-refractivity contribution in [1.82, 2.24) is 0 Å². The first-order valence-electron chi connectivity index (χ1n) is 10.3. The largest absolute Gasteiger partial charge is 0.392 e. The van der Waals surface area contributed by atoms with E-state index in [1.165, 1.54) is 0 Å². The Morgan fingerprint density at radius 1 is 1.26 bits per heavy atom. The smallest absolute Gasteiger partial charge is 0.151 e. The summed E-state index contributed by atoms with van der Waals surface area (Å²) < 4.78 is 0. The van der Waals surface area contributed by atoms with Crippen LogP contribution in [-0.2, 0) is 4.89 Å². The van der Waals surface area contributed by atoms with Crippen molar-refractivity contribution in [3.63, 3.8) is 0 Å². The summed E-state index contributed by atoms with van der Waals surface area (Å²) in [6, 6.07) is 0. The third kappa shape index (κ3) is 2.02. The summed E-state index contributed by atoms with van der Waals surface area (Å²) in [6.07, 6.45) is 3.59. The molecule has 9 atom stereocenters. The van der Waals surface area contributed by atoms with Crippen LogP contribution in [-0.4, -0.2) is 45.0 Å². The van der Waals surface area contributed by atoms with Crippen molar-refractivity contribution >= 4 is 0 Å². The lowest BCUT2D eigenvalue weighted by atomic mass is 9.56. The average molecular weight is 379 g/mol. The van der Waals surface area contributed by atoms with Crippen LogP contribution in [0, 0.1) is 40.4 Å². The van der Waals surface area contributed by atoms with Crippen LogP contribution in [0.3, 0.4) is 0 Å². The van der Waals surface area contributed by atoms with E-state index in [4.69, 9.17) is 4.89 Å². The molecule has 0 saturated heterocycles. The number of rotatable bonds is 3.